The summed E-state index contributed by atoms with van der Waals surface area (Å²) in [5, 5.41) is 9.71. The van der Waals surface area contributed by atoms with E-state index in [4.69, 9.17) is 9.47 Å². The summed E-state index contributed by atoms with van der Waals surface area (Å²) in [6.07, 6.45) is -7.43. The van der Waals surface area contributed by atoms with Gasteiger partial charge in [-0.25, -0.2) is 4.79 Å². The van der Waals surface area contributed by atoms with E-state index in [9.17, 15) is 27.9 Å². The predicted molar refractivity (Wildman–Crippen MR) is 62.7 cm³/mol. The zero-order chi connectivity index (χ0) is 15.8. The summed E-state index contributed by atoms with van der Waals surface area (Å²) in [5.41, 5.74) is -4.06. The van der Waals surface area contributed by atoms with E-state index in [1.165, 1.54) is 7.11 Å². The Hall–Kier alpha value is -1.65. The van der Waals surface area contributed by atoms with E-state index in [0.717, 1.165) is 0 Å². The van der Waals surface area contributed by atoms with Crippen LogP contribution in [-0.4, -0.2) is 40.6 Å². The summed E-state index contributed by atoms with van der Waals surface area (Å²) in [7, 11) is 1.37. The highest BCUT2D eigenvalue weighted by Crippen LogP contribution is 2.30. The molecule has 21 heavy (non-hydrogen) atoms. The van der Waals surface area contributed by atoms with Gasteiger partial charge in [0.25, 0.3) is 5.56 Å². The number of halogens is 3. The van der Waals surface area contributed by atoms with Crippen LogP contribution in [0.15, 0.2) is 15.8 Å². The van der Waals surface area contributed by atoms with Crippen LogP contribution in [0.4, 0.5) is 13.2 Å². The number of methoxy groups -OCH3 is 1. The van der Waals surface area contributed by atoms with Gasteiger partial charge in [0.15, 0.2) is 0 Å². The van der Waals surface area contributed by atoms with Crippen LogP contribution in [-0.2, 0) is 15.7 Å². The van der Waals surface area contributed by atoms with Gasteiger partial charge in [0.2, 0.25) is 0 Å². The van der Waals surface area contributed by atoms with E-state index in [2.05, 4.69) is 0 Å². The van der Waals surface area contributed by atoms with E-state index in [1.807, 2.05) is 0 Å². The molecule has 0 radical (unpaired) electrons. The Morgan fingerprint density at radius 3 is 2.76 bits per heavy atom. The van der Waals surface area contributed by atoms with Crippen LogP contribution >= 0.6 is 0 Å². The molecule has 0 bridgehead atoms. The van der Waals surface area contributed by atoms with Crippen molar-refractivity contribution in [3.63, 3.8) is 0 Å². The minimum Gasteiger partial charge on any atom is -0.390 e. The first-order chi connectivity index (χ1) is 9.74. The molecule has 0 saturated carbocycles. The molecule has 2 N–H and O–H groups in total. The molecule has 1 saturated heterocycles. The average Bonchev–Trinajstić information content (AvgIpc) is 2.69. The Morgan fingerprint density at radius 2 is 2.19 bits per heavy atom. The number of ether oxygens (including phenoxy) is 2. The Labute approximate surface area is 115 Å². The first-order valence-electron chi connectivity index (χ1n) is 5.99. The first-order valence-corrected chi connectivity index (χ1v) is 5.99. The molecule has 1 aromatic rings. The van der Waals surface area contributed by atoms with E-state index in [-0.39, 0.29) is 13.0 Å². The van der Waals surface area contributed by atoms with Crippen LogP contribution in [0.3, 0.4) is 0 Å². The normalized spacial score (nSPS) is 26.2. The lowest BCUT2D eigenvalue weighted by Gasteiger charge is -2.16. The standard InChI is InChI=1S/C11H13F3N2O5/c1-20-4-7-6(17)2-8(21-7)16-3-5(11(12,13)14)9(18)15-10(16)19/h3,6-8,17H,2,4H2,1H3,(H,15,18,19). The smallest absolute Gasteiger partial charge is 0.390 e. The van der Waals surface area contributed by atoms with Crippen LogP contribution < -0.4 is 11.2 Å². The molecule has 0 amide bonds. The highest BCUT2D eigenvalue weighted by molar-refractivity contribution is 5.09. The number of nitrogens with one attached hydrogen (secondary N) is 1. The number of H-pyrrole nitrogens is 1. The average molecular weight is 310 g/mol. The van der Waals surface area contributed by atoms with Crippen molar-refractivity contribution in [1.29, 1.82) is 0 Å². The number of aromatic amines is 1. The lowest BCUT2D eigenvalue weighted by molar-refractivity contribution is -0.139. The van der Waals surface area contributed by atoms with Gasteiger partial charge in [-0.05, 0) is 0 Å². The molecule has 118 valence electrons. The molecule has 10 heteroatoms. The Bertz CT molecular complexity index is 624. The fraction of sp³-hybridized carbons (Fsp3) is 0.636. The zero-order valence-corrected chi connectivity index (χ0v) is 10.9. The summed E-state index contributed by atoms with van der Waals surface area (Å²) in [4.78, 5) is 24.4. The van der Waals surface area contributed by atoms with Crippen molar-refractivity contribution >= 4 is 0 Å². The second-order valence-electron chi connectivity index (χ2n) is 4.59. The number of aromatic nitrogens is 2. The van der Waals surface area contributed by atoms with Gasteiger partial charge >= 0.3 is 11.9 Å². The lowest BCUT2D eigenvalue weighted by atomic mass is 10.2. The molecule has 1 fully saturated rings. The van der Waals surface area contributed by atoms with Crippen molar-refractivity contribution in [2.75, 3.05) is 13.7 Å². The van der Waals surface area contributed by atoms with Gasteiger partial charge in [0.1, 0.15) is 17.9 Å². The summed E-state index contributed by atoms with van der Waals surface area (Å²) < 4.78 is 48.7. The van der Waals surface area contributed by atoms with E-state index >= 15 is 0 Å². The first kappa shape index (κ1) is 15.7. The van der Waals surface area contributed by atoms with E-state index in [1.54, 1.807) is 4.98 Å². The highest BCUT2D eigenvalue weighted by atomic mass is 19.4. The fourth-order valence-corrected chi connectivity index (χ4v) is 2.10. The monoisotopic (exact) mass is 310 g/mol. The summed E-state index contributed by atoms with van der Waals surface area (Å²) in [5.74, 6) is 0. The molecule has 0 spiro atoms. The Morgan fingerprint density at radius 1 is 1.52 bits per heavy atom. The summed E-state index contributed by atoms with van der Waals surface area (Å²) >= 11 is 0. The van der Waals surface area contributed by atoms with Gasteiger partial charge in [-0.2, -0.15) is 13.2 Å². The number of rotatable bonds is 3. The number of aliphatic hydroxyl groups excluding tert-OH is 1. The molecule has 7 nitrogen and oxygen atoms in total. The van der Waals surface area contributed by atoms with Gasteiger partial charge in [-0.15, -0.1) is 0 Å². The predicted octanol–water partition coefficient (Wildman–Crippen LogP) is -0.150. The molecule has 1 aliphatic rings. The molecule has 3 atom stereocenters. The minimum absolute atomic E-state index is 0.0297. The fourth-order valence-electron chi connectivity index (χ4n) is 2.10. The third-order valence-corrected chi connectivity index (χ3v) is 3.12. The summed E-state index contributed by atoms with van der Waals surface area (Å²) in [6, 6.07) is 0. The lowest BCUT2D eigenvalue weighted by Crippen LogP contribution is -2.36. The molecule has 1 aliphatic heterocycles. The molecule has 2 heterocycles. The van der Waals surface area contributed by atoms with E-state index < -0.39 is 41.4 Å². The Balaban J connectivity index is 2.37. The van der Waals surface area contributed by atoms with Crippen molar-refractivity contribution in [2.24, 2.45) is 0 Å². The van der Waals surface area contributed by atoms with Gasteiger partial charge in [-0.1, -0.05) is 0 Å². The van der Waals surface area contributed by atoms with Crippen LogP contribution in [0.2, 0.25) is 0 Å². The third kappa shape index (κ3) is 3.17. The minimum atomic E-state index is -4.90. The van der Waals surface area contributed by atoms with Gasteiger partial charge in [0.05, 0.1) is 12.7 Å². The highest BCUT2D eigenvalue weighted by Gasteiger charge is 2.38. The molecule has 3 unspecified atom stereocenters. The Kier molecular flexibility index (Phi) is 4.21. The molecule has 0 aliphatic carbocycles. The van der Waals surface area contributed by atoms with Crippen LogP contribution in [0.5, 0.6) is 0 Å². The zero-order valence-electron chi connectivity index (χ0n) is 10.9. The number of alkyl halides is 3. The third-order valence-electron chi connectivity index (χ3n) is 3.12. The summed E-state index contributed by atoms with van der Waals surface area (Å²) in [6.45, 7) is 0.0297. The molecule has 1 aromatic heterocycles. The number of nitrogens with zero attached hydrogens (tertiary/aromatic N) is 1. The van der Waals surface area contributed by atoms with Crippen molar-refractivity contribution in [3.05, 3.63) is 32.6 Å². The van der Waals surface area contributed by atoms with Crippen LogP contribution in [0.25, 0.3) is 0 Å². The van der Waals surface area contributed by atoms with E-state index in [0.29, 0.717) is 10.8 Å². The second kappa shape index (κ2) is 5.62. The van der Waals surface area contributed by atoms with Crippen LogP contribution in [0, 0.1) is 0 Å². The number of aliphatic hydroxyl groups is 1. The quantitative estimate of drug-likeness (QED) is 0.810. The van der Waals surface area contributed by atoms with Gasteiger partial charge < -0.3 is 14.6 Å². The molecular weight excluding hydrogens is 297 g/mol. The molecular formula is C11H13F3N2O5. The van der Waals surface area contributed by atoms with Crippen molar-refractivity contribution in [3.8, 4) is 0 Å². The van der Waals surface area contributed by atoms with Crippen molar-refractivity contribution < 1.29 is 27.8 Å². The SMILES string of the molecule is COCC1OC(n2cc(C(F)(F)F)c(=O)[nH]c2=O)CC1O. The second-order valence-corrected chi connectivity index (χ2v) is 4.59. The maximum Gasteiger partial charge on any atom is 0.423 e. The van der Waals surface area contributed by atoms with Gasteiger partial charge in [-0.3, -0.25) is 14.3 Å². The van der Waals surface area contributed by atoms with Gasteiger partial charge in [0, 0.05) is 19.7 Å². The van der Waals surface area contributed by atoms with Crippen molar-refractivity contribution in [2.45, 2.75) is 31.0 Å². The molecule has 2 rings (SSSR count). The molecule has 0 aromatic carbocycles. The largest absolute Gasteiger partial charge is 0.423 e. The number of hydrogen-bond donors (Lipinski definition) is 2. The topological polar surface area (TPSA) is 93.5 Å². The van der Waals surface area contributed by atoms with Crippen LogP contribution in [0.1, 0.15) is 18.2 Å². The van der Waals surface area contributed by atoms with Crippen molar-refractivity contribution in [1.82, 2.24) is 9.55 Å². The maximum atomic E-state index is 12.7. The number of hydrogen-bond acceptors (Lipinski definition) is 5. The maximum absolute atomic E-state index is 12.7.